The van der Waals surface area contributed by atoms with Gasteiger partial charge in [-0.15, -0.1) is 0 Å². The predicted octanol–water partition coefficient (Wildman–Crippen LogP) is 0.186. The minimum atomic E-state index is -0.363. The van der Waals surface area contributed by atoms with Crippen molar-refractivity contribution in [1.82, 2.24) is 5.32 Å². The zero-order valence-electron chi connectivity index (χ0n) is 7.08. The van der Waals surface area contributed by atoms with Gasteiger partial charge in [-0.05, 0) is 6.07 Å². The van der Waals surface area contributed by atoms with Crippen LogP contribution >= 0.6 is 0 Å². The molecule has 0 aromatic heterocycles. The standard InChI is InChI=1S/C9H11N3O/c10-9(13)8-6-3-1-2-4-7(6)11-5-12-8/h1-4,8,11-12H,5H2,(H2,10,13). The van der Waals surface area contributed by atoms with Crippen LogP contribution < -0.4 is 16.4 Å². The van der Waals surface area contributed by atoms with Crippen molar-refractivity contribution in [2.45, 2.75) is 6.04 Å². The molecule has 1 aromatic carbocycles. The molecule has 0 spiro atoms. The lowest BCUT2D eigenvalue weighted by Crippen LogP contribution is -2.40. The largest absolute Gasteiger partial charge is 0.372 e. The SMILES string of the molecule is NC(=O)C1NCNc2ccccc21. The van der Waals surface area contributed by atoms with Gasteiger partial charge in [0.25, 0.3) is 0 Å². The molecule has 1 heterocycles. The summed E-state index contributed by atoms with van der Waals surface area (Å²) in [5.41, 5.74) is 7.15. The van der Waals surface area contributed by atoms with Crippen LogP contribution in [0.4, 0.5) is 5.69 Å². The molecule has 0 aliphatic carbocycles. The molecule has 13 heavy (non-hydrogen) atoms. The highest BCUT2D eigenvalue weighted by Crippen LogP contribution is 2.24. The van der Waals surface area contributed by atoms with Gasteiger partial charge in [0.2, 0.25) is 5.91 Å². The first kappa shape index (κ1) is 8.07. The van der Waals surface area contributed by atoms with Gasteiger partial charge in [-0.1, -0.05) is 18.2 Å². The Hall–Kier alpha value is -1.55. The number of anilines is 1. The summed E-state index contributed by atoms with van der Waals surface area (Å²) in [5, 5.41) is 6.12. The Kier molecular flexibility index (Phi) is 1.90. The first-order valence-electron chi connectivity index (χ1n) is 4.14. The fourth-order valence-corrected chi connectivity index (χ4v) is 1.52. The maximum Gasteiger partial charge on any atom is 0.239 e. The Morgan fingerprint density at radius 1 is 1.46 bits per heavy atom. The molecule has 68 valence electrons. The van der Waals surface area contributed by atoms with E-state index in [1.165, 1.54) is 0 Å². The lowest BCUT2D eigenvalue weighted by molar-refractivity contribution is -0.120. The van der Waals surface area contributed by atoms with Crippen LogP contribution in [0.1, 0.15) is 11.6 Å². The van der Waals surface area contributed by atoms with Crippen LogP contribution in [0.2, 0.25) is 0 Å². The van der Waals surface area contributed by atoms with Gasteiger partial charge in [0.05, 0.1) is 6.67 Å². The van der Waals surface area contributed by atoms with E-state index in [1.807, 2.05) is 24.3 Å². The van der Waals surface area contributed by atoms with Gasteiger partial charge in [0.1, 0.15) is 6.04 Å². The minimum absolute atomic E-state index is 0.339. The number of nitrogens with one attached hydrogen (secondary N) is 2. The molecule has 0 saturated heterocycles. The third kappa shape index (κ3) is 1.36. The van der Waals surface area contributed by atoms with Crippen LogP contribution in [0.15, 0.2) is 24.3 Å². The molecular formula is C9H11N3O. The highest BCUT2D eigenvalue weighted by molar-refractivity contribution is 5.84. The van der Waals surface area contributed by atoms with Gasteiger partial charge in [-0.3, -0.25) is 10.1 Å². The van der Waals surface area contributed by atoms with Gasteiger partial charge >= 0.3 is 0 Å². The molecule has 0 saturated carbocycles. The first-order chi connectivity index (χ1) is 6.29. The number of benzene rings is 1. The molecule has 0 fully saturated rings. The summed E-state index contributed by atoms with van der Waals surface area (Å²) in [7, 11) is 0. The van der Waals surface area contributed by atoms with Crippen molar-refractivity contribution in [2.24, 2.45) is 5.73 Å². The Balaban J connectivity index is 2.42. The van der Waals surface area contributed by atoms with Gasteiger partial charge < -0.3 is 11.1 Å². The molecule has 0 radical (unpaired) electrons. The fraction of sp³-hybridized carbons (Fsp3) is 0.222. The van der Waals surface area contributed by atoms with E-state index in [0.29, 0.717) is 6.67 Å². The number of primary amides is 1. The number of carbonyl (C=O) groups is 1. The monoisotopic (exact) mass is 177 g/mol. The number of amides is 1. The zero-order valence-corrected chi connectivity index (χ0v) is 7.08. The van der Waals surface area contributed by atoms with Crippen molar-refractivity contribution < 1.29 is 4.79 Å². The number of hydrogen-bond donors (Lipinski definition) is 3. The van der Waals surface area contributed by atoms with Gasteiger partial charge in [-0.2, -0.15) is 0 Å². The summed E-state index contributed by atoms with van der Waals surface area (Å²) in [6, 6.07) is 7.28. The van der Waals surface area contributed by atoms with Crippen molar-refractivity contribution in [3.63, 3.8) is 0 Å². The number of fused-ring (bicyclic) bond motifs is 1. The lowest BCUT2D eigenvalue weighted by atomic mass is 10.0. The highest BCUT2D eigenvalue weighted by atomic mass is 16.1. The number of para-hydroxylation sites is 1. The van der Waals surface area contributed by atoms with Crippen LogP contribution in [-0.2, 0) is 4.79 Å². The normalized spacial score (nSPS) is 20.2. The molecule has 2 rings (SSSR count). The van der Waals surface area contributed by atoms with Gasteiger partial charge in [0, 0.05) is 11.3 Å². The van der Waals surface area contributed by atoms with Gasteiger partial charge in [-0.25, -0.2) is 0 Å². The van der Waals surface area contributed by atoms with E-state index in [0.717, 1.165) is 11.3 Å². The number of carbonyl (C=O) groups excluding carboxylic acids is 1. The van der Waals surface area contributed by atoms with Crippen LogP contribution in [0.25, 0.3) is 0 Å². The third-order valence-corrected chi connectivity index (χ3v) is 2.14. The Bertz CT molecular complexity index is 337. The topological polar surface area (TPSA) is 67.2 Å². The number of nitrogens with two attached hydrogens (primary N) is 1. The number of rotatable bonds is 1. The molecule has 1 aromatic rings. The lowest BCUT2D eigenvalue weighted by Gasteiger charge is -2.25. The second-order valence-electron chi connectivity index (χ2n) is 2.98. The summed E-state index contributed by atoms with van der Waals surface area (Å²) in [6.45, 7) is 0.574. The molecular weight excluding hydrogens is 166 g/mol. The minimum Gasteiger partial charge on any atom is -0.372 e. The van der Waals surface area contributed by atoms with Crippen molar-refractivity contribution in [1.29, 1.82) is 0 Å². The van der Waals surface area contributed by atoms with E-state index in [9.17, 15) is 4.79 Å². The number of hydrogen-bond acceptors (Lipinski definition) is 3. The van der Waals surface area contributed by atoms with E-state index in [4.69, 9.17) is 5.73 Å². The second-order valence-corrected chi connectivity index (χ2v) is 2.98. The van der Waals surface area contributed by atoms with Crippen molar-refractivity contribution in [2.75, 3.05) is 12.0 Å². The third-order valence-electron chi connectivity index (χ3n) is 2.14. The Labute approximate surface area is 76.1 Å². The van der Waals surface area contributed by atoms with Gasteiger partial charge in [0.15, 0.2) is 0 Å². The quantitative estimate of drug-likeness (QED) is 0.573. The maximum absolute atomic E-state index is 11.0. The summed E-state index contributed by atoms with van der Waals surface area (Å²) in [5.74, 6) is -0.339. The van der Waals surface area contributed by atoms with Crippen LogP contribution in [0.5, 0.6) is 0 Å². The van der Waals surface area contributed by atoms with E-state index < -0.39 is 0 Å². The Morgan fingerprint density at radius 2 is 2.23 bits per heavy atom. The van der Waals surface area contributed by atoms with Crippen molar-refractivity contribution in [3.05, 3.63) is 29.8 Å². The fourth-order valence-electron chi connectivity index (χ4n) is 1.52. The van der Waals surface area contributed by atoms with Crippen LogP contribution in [-0.4, -0.2) is 12.6 Å². The van der Waals surface area contributed by atoms with Crippen LogP contribution in [0.3, 0.4) is 0 Å². The molecule has 1 atom stereocenters. The first-order valence-corrected chi connectivity index (χ1v) is 4.14. The van der Waals surface area contributed by atoms with Crippen molar-refractivity contribution >= 4 is 11.6 Å². The summed E-state index contributed by atoms with van der Waals surface area (Å²) < 4.78 is 0. The Morgan fingerprint density at radius 3 is 3.00 bits per heavy atom. The van der Waals surface area contributed by atoms with Crippen LogP contribution in [0, 0.1) is 0 Å². The molecule has 1 amide bonds. The molecule has 4 nitrogen and oxygen atoms in total. The molecule has 1 unspecified atom stereocenters. The predicted molar refractivity (Wildman–Crippen MR) is 50.0 cm³/mol. The molecule has 4 heteroatoms. The highest BCUT2D eigenvalue weighted by Gasteiger charge is 2.22. The summed E-state index contributed by atoms with van der Waals surface area (Å²) in [4.78, 5) is 11.0. The van der Waals surface area contributed by atoms with E-state index in [2.05, 4.69) is 10.6 Å². The average molecular weight is 177 g/mol. The zero-order chi connectivity index (χ0) is 9.26. The van der Waals surface area contributed by atoms with E-state index in [-0.39, 0.29) is 11.9 Å². The smallest absolute Gasteiger partial charge is 0.239 e. The average Bonchev–Trinajstić information content (AvgIpc) is 2.17. The maximum atomic E-state index is 11.0. The van der Waals surface area contributed by atoms with Crippen molar-refractivity contribution in [3.8, 4) is 0 Å². The molecule has 1 aliphatic rings. The second kappa shape index (κ2) is 3.06. The molecule has 4 N–H and O–H groups in total. The molecule has 1 aliphatic heterocycles. The van der Waals surface area contributed by atoms with E-state index >= 15 is 0 Å². The summed E-state index contributed by atoms with van der Waals surface area (Å²) >= 11 is 0. The summed E-state index contributed by atoms with van der Waals surface area (Å²) in [6.07, 6.45) is 0. The molecule has 0 bridgehead atoms. The van der Waals surface area contributed by atoms with E-state index in [1.54, 1.807) is 0 Å².